The summed E-state index contributed by atoms with van der Waals surface area (Å²) in [7, 11) is 0. The van der Waals surface area contributed by atoms with Crippen LogP contribution in [0.2, 0.25) is 0 Å². The van der Waals surface area contributed by atoms with Crippen molar-refractivity contribution in [3.63, 3.8) is 0 Å². The normalized spacial score (nSPS) is 10.4. The molecule has 1 aromatic heterocycles. The van der Waals surface area contributed by atoms with E-state index in [0.717, 1.165) is 11.1 Å². The van der Waals surface area contributed by atoms with Gasteiger partial charge in [-0.2, -0.15) is 5.10 Å². The predicted octanol–water partition coefficient (Wildman–Crippen LogP) is 2.56. The van der Waals surface area contributed by atoms with Crippen molar-refractivity contribution in [2.75, 3.05) is 5.73 Å². The summed E-state index contributed by atoms with van der Waals surface area (Å²) in [5.41, 5.74) is 7.23. The Labute approximate surface area is 88.3 Å². The number of nitrogens with zero attached hydrogens (tertiary/aromatic N) is 1. The summed E-state index contributed by atoms with van der Waals surface area (Å²) in [5, 5.41) is 6.41. The summed E-state index contributed by atoms with van der Waals surface area (Å²) in [5.74, 6) is 0.180. The third-order valence-corrected chi connectivity index (χ3v) is 2.51. The lowest BCUT2D eigenvalue weighted by Gasteiger charge is -2.00. The Morgan fingerprint density at radius 2 is 2.21 bits per heavy atom. The number of nitrogens with two attached hydrogens (primary N) is 1. The first kappa shape index (κ1) is 9.21. The molecule has 1 aromatic carbocycles. The van der Waals surface area contributed by atoms with Crippen LogP contribution in [0.15, 0.2) is 28.9 Å². The van der Waals surface area contributed by atoms with Crippen LogP contribution >= 0.6 is 15.9 Å². The Morgan fingerprint density at radius 1 is 1.43 bits per heavy atom. The van der Waals surface area contributed by atoms with Gasteiger partial charge in [0.15, 0.2) is 0 Å². The minimum atomic E-state index is -0.296. The van der Waals surface area contributed by atoms with Gasteiger partial charge in [0, 0.05) is 5.56 Å². The number of rotatable bonds is 1. The zero-order chi connectivity index (χ0) is 10.1. The number of hydrogen-bond donors (Lipinski definition) is 2. The summed E-state index contributed by atoms with van der Waals surface area (Å²) < 4.78 is 13.4. The van der Waals surface area contributed by atoms with Crippen LogP contribution in [0.5, 0.6) is 0 Å². The first-order chi connectivity index (χ1) is 6.68. The van der Waals surface area contributed by atoms with Crippen molar-refractivity contribution in [2.45, 2.75) is 0 Å². The van der Waals surface area contributed by atoms with E-state index in [0.29, 0.717) is 10.3 Å². The lowest BCUT2D eigenvalue weighted by atomic mass is 10.1. The highest BCUT2D eigenvalue weighted by Crippen LogP contribution is 2.27. The molecule has 0 fully saturated rings. The van der Waals surface area contributed by atoms with Crippen LogP contribution in [-0.4, -0.2) is 10.2 Å². The molecule has 0 aliphatic rings. The van der Waals surface area contributed by atoms with Gasteiger partial charge in [0.05, 0.1) is 10.7 Å². The maximum Gasteiger partial charge on any atom is 0.137 e. The Hall–Kier alpha value is -1.36. The molecule has 72 valence electrons. The maximum absolute atomic E-state index is 12.9. The van der Waals surface area contributed by atoms with Crippen LogP contribution in [-0.2, 0) is 0 Å². The predicted molar refractivity (Wildman–Crippen MR) is 56.1 cm³/mol. The highest BCUT2D eigenvalue weighted by Gasteiger charge is 2.06. The fourth-order valence-electron chi connectivity index (χ4n) is 1.19. The number of hydrogen-bond acceptors (Lipinski definition) is 2. The molecule has 0 saturated carbocycles. The molecule has 0 aliphatic carbocycles. The van der Waals surface area contributed by atoms with E-state index in [2.05, 4.69) is 26.1 Å². The Balaban J connectivity index is 2.53. The largest absolute Gasteiger partial charge is 0.384 e. The van der Waals surface area contributed by atoms with Crippen LogP contribution in [0, 0.1) is 5.82 Å². The molecular weight excluding hydrogens is 249 g/mol. The second-order valence-electron chi connectivity index (χ2n) is 2.83. The molecule has 0 atom stereocenters. The van der Waals surface area contributed by atoms with Crippen LogP contribution in [0.25, 0.3) is 11.1 Å². The van der Waals surface area contributed by atoms with E-state index in [1.54, 1.807) is 18.3 Å². The smallest absolute Gasteiger partial charge is 0.137 e. The lowest BCUT2D eigenvalue weighted by molar-refractivity contribution is 0.621. The Morgan fingerprint density at radius 3 is 2.79 bits per heavy atom. The van der Waals surface area contributed by atoms with Crippen molar-refractivity contribution in [3.8, 4) is 11.1 Å². The third-order valence-electron chi connectivity index (χ3n) is 1.90. The van der Waals surface area contributed by atoms with Crippen molar-refractivity contribution in [1.29, 1.82) is 0 Å². The van der Waals surface area contributed by atoms with Crippen molar-refractivity contribution >= 4 is 21.7 Å². The number of aromatic nitrogens is 2. The zero-order valence-corrected chi connectivity index (χ0v) is 8.68. The van der Waals surface area contributed by atoms with Gasteiger partial charge in [-0.25, -0.2) is 4.39 Å². The van der Waals surface area contributed by atoms with Gasteiger partial charge in [0.1, 0.15) is 11.6 Å². The number of halogens is 2. The fourth-order valence-corrected chi connectivity index (χ4v) is 1.57. The molecule has 0 bridgehead atoms. The van der Waals surface area contributed by atoms with Crippen molar-refractivity contribution in [3.05, 3.63) is 34.7 Å². The summed E-state index contributed by atoms with van der Waals surface area (Å²) in [6, 6.07) is 4.70. The minimum Gasteiger partial charge on any atom is -0.384 e. The first-order valence-electron chi connectivity index (χ1n) is 3.93. The second kappa shape index (κ2) is 3.42. The van der Waals surface area contributed by atoms with E-state index in [-0.39, 0.29) is 5.82 Å². The van der Waals surface area contributed by atoms with Crippen molar-refractivity contribution < 1.29 is 4.39 Å². The van der Waals surface area contributed by atoms with Crippen molar-refractivity contribution in [2.24, 2.45) is 0 Å². The highest BCUT2D eigenvalue weighted by molar-refractivity contribution is 9.10. The molecule has 0 amide bonds. The zero-order valence-electron chi connectivity index (χ0n) is 7.09. The lowest BCUT2D eigenvalue weighted by Crippen LogP contribution is -1.88. The topological polar surface area (TPSA) is 54.7 Å². The van der Waals surface area contributed by atoms with E-state index < -0.39 is 0 Å². The molecular formula is C9H7BrFN3. The number of benzene rings is 1. The number of H-pyrrole nitrogens is 1. The third kappa shape index (κ3) is 1.50. The van der Waals surface area contributed by atoms with Crippen LogP contribution in [0.3, 0.4) is 0 Å². The number of nitrogen functional groups attached to an aromatic ring is 1. The Bertz CT molecular complexity index is 467. The fraction of sp³-hybridized carbons (Fsp3) is 0. The van der Waals surface area contributed by atoms with Gasteiger partial charge in [-0.15, -0.1) is 0 Å². The molecule has 0 unspecified atom stereocenters. The number of anilines is 1. The van der Waals surface area contributed by atoms with E-state index >= 15 is 0 Å². The van der Waals surface area contributed by atoms with Gasteiger partial charge < -0.3 is 5.73 Å². The average Bonchev–Trinajstić information content (AvgIpc) is 2.57. The monoisotopic (exact) mass is 255 g/mol. The van der Waals surface area contributed by atoms with Crippen LogP contribution in [0.4, 0.5) is 10.2 Å². The van der Waals surface area contributed by atoms with Gasteiger partial charge >= 0.3 is 0 Å². The molecule has 1 heterocycles. The van der Waals surface area contributed by atoms with E-state index in [9.17, 15) is 4.39 Å². The molecule has 2 aromatic rings. The van der Waals surface area contributed by atoms with Crippen molar-refractivity contribution in [1.82, 2.24) is 10.2 Å². The molecule has 0 aliphatic heterocycles. The summed E-state index contributed by atoms with van der Waals surface area (Å²) in [6.45, 7) is 0. The van der Waals surface area contributed by atoms with E-state index in [4.69, 9.17) is 5.73 Å². The molecule has 0 radical (unpaired) electrons. The van der Waals surface area contributed by atoms with Gasteiger partial charge in [-0.05, 0) is 33.6 Å². The second-order valence-corrected chi connectivity index (χ2v) is 3.68. The van der Waals surface area contributed by atoms with E-state index in [1.807, 2.05) is 0 Å². The van der Waals surface area contributed by atoms with Crippen LogP contribution < -0.4 is 5.73 Å². The van der Waals surface area contributed by atoms with E-state index in [1.165, 1.54) is 6.07 Å². The number of nitrogens with one attached hydrogen (secondary N) is 1. The molecule has 14 heavy (non-hydrogen) atoms. The average molecular weight is 256 g/mol. The Kier molecular flexibility index (Phi) is 2.25. The van der Waals surface area contributed by atoms with Crippen LogP contribution in [0.1, 0.15) is 0 Å². The van der Waals surface area contributed by atoms with Gasteiger partial charge in [-0.1, -0.05) is 6.07 Å². The van der Waals surface area contributed by atoms with Gasteiger partial charge in [-0.3, -0.25) is 5.10 Å². The molecule has 5 heteroatoms. The minimum absolute atomic E-state index is 0.296. The number of aromatic amines is 1. The molecule has 3 nitrogen and oxygen atoms in total. The molecule has 0 spiro atoms. The molecule has 0 saturated heterocycles. The SMILES string of the molecule is Nc1[nH]ncc1-c1ccc(F)c(Br)c1. The summed E-state index contributed by atoms with van der Waals surface area (Å²) in [6.07, 6.45) is 1.61. The summed E-state index contributed by atoms with van der Waals surface area (Å²) in [4.78, 5) is 0. The summed E-state index contributed by atoms with van der Waals surface area (Å²) >= 11 is 3.11. The molecule has 2 rings (SSSR count). The maximum atomic E-state index is 12.9. The first-order valence-corrected chi connectivity index (χ1v) is 4.72. The van der Waals surface area contributed by atoms with Gasteiger partial charge in [0.25, 0.3) is 0 Å². The quantitative estimate of drug-likeness (QED) is 0.823. The molecule has 3 N–H and O–H groups in total. The van der Waals surface area contributed by atoms with Gasteiger partial charge in [0.2, 0.25) is 0 Å². The highest BCUT2D eigenvalue weighted by atomic mass is 79.9. The standard InChI is InChI=1S/C9H7BrFN3/c10-7-3-5(1-2-8(7)11)6-4-13-14-9(6)12/h1-4H,(H3,12,13,14).